The van der Waals surface area contributed by atoms with Crippen LogP contribution in [0.3, 0.4) is 0 Å². The molecule has 164 valence electrons. The highest BCUT2D eigenvalue weighted by Crippen LogP contribution is 2.63. The molecule has 1 aliphatic heterocycles. The van der Waals surface area contributed by atoms with Gasteiger partial charge in [0, 0.05) is 24.5 Å². The molecule has 1 saturated heterocycles. The van der Waals surface area contributed by atoms with Crippen LogP contribution < -0.4 is 0 Å². The Balaban J connectivity index is 1.60. The van der Waals surface area contributed by atoms with Crippen molar-refractivity contribution in [2.75, 3.05) is 6.54 Å². The number of nitrogens with zero attached hydrogens (tertiary/aromatic N) is 2. The molecule has 30 heavy (non-hydrogen) atoms. The van der Waals surface area contributed by atoms with E-state index in [1.54, 1.807) is 5.57 Å². The van der Waals surface area contributed by atoms with Crippen LogP contribution >= 0.6 is 0 Å². The number of piperidine rings is 1. The zero-order valence-electron chi connectivity index (χ0n) is 19.5. The first-order valence-electron chi connectivity index (χ1n) is 12.3. The summed E-state index contributed by atoms with van der Waals surface area (Å²) in [7, 11) is 0. The minimum atomic E-state index is 0.0353. The summed E-state index contributed by atoms with van der Waals surface area (Å²) in [6, 6.07) is 2.36. The summed E-state index contributed by atoms with van der Waals surface area (Å²) >= 11 is 0. The number of likely N-dealkylation sites (tertiary alicyclic amines) is 1. The number of carbonyl (C=O) groups is 1. The standard InChI is InChI=1S/C27H40N2O/c1-5-7-8-13-27(4)25-11-14-26(3)23(21-16-20(6-2)17-28-18-21)9-10-24(26)22(25)12-15-29(27)19-30/h9,16-19,22,24-25H,5-8,10-15H2,1-4H3. The van der Waals surface area contributed by atoms with Gasteiger partial charge in [0.25, 0.3) is 0 Å². The van der Waals surface area contributed by atoms with Crippen molar-refractivity contribution in [3.05, 3.63) is 35.7 Å². The summed E-state index contributed by atoms with van der Waals surface area (Å²) in [6.07, 6.45) is 18.5. The fourth-order valence-corrected chi connectivity index (χ4v) is 7.30. The van der Waals surface area contributed by atoms with Gasteiger partial charge < -0.3 is 4.90 Å². The Bertz CT molecular complexity index is 802. The minimum Gasteiger partial charge on any atom is -0.340 e. The van der Waals surface area contributed by atoms with E-state index in [0.717, 1.165) is 31.7 Å². The number of unbranched alkanes of at least 4 members (excludes halogenated alkanes) is 2. The van der Waals surface area contributed by atoms with Gasteiger partial charge in [-0.3, -0.25) is 9.78 Å². The molecule has 3 aliphatic rings. The van der Waals surface area contributed by atoms with Crippen LogP contribution in [0.1, 0.15) is 90.2 Å². The van der Waals surface area contributed by atoms with Crippen LogP contribution in [-0.2, 0) is 11.2 Å². The lowest BCUT2D eigenvalue weighted by molar-refractivity contribution is -0.139. The van der Waals surface area contributed by atoms with E-state index in [1.165, 1.54) is 56.1 Å². The van der Waals surface area contributed by atoms with E-state index in [9.17, 15) is 4.79 Å². The number of pyridine rings is 1. The highest BCUT2D eigenvalue weighted by molar-refractivity contribution is 5.72. The fraction of sp³-hybridized carbons (Fsp3) is 0.704. The van der Waals surface area contributed by atoms with Crippen LogP contribution in [0.15, 0.2) is 24.5 Å². The molecule has 5 atom stereocenters. The molecule has 0 bridgehead atoms. The van der Waals surface area contributed by atoms with E-state index in [2.05, 4.69) is 55.9 Å². The summed E-state index contributed by atoms with van der Waals surface area (Å²) in [5, 5.41) is 0. The lowest BCUT2D eigenvalue weighted by atomic mass is 9.52. The zero-order chi connectivity index (χ0) is 21.4. The van der Waals surface area contributed by atoms with Crippen LogP contribution in [0, 0.1) is 23.2 Å². The van der Waals surface area contributed by atoms with Crippen molar-refractivity contribution >= 4 is 12.0 Å². The predicted octanol–water partition coefficient (Wildman–Crippen LogP) is 6.28. The molecule has 0 radical (unpaired) electrons. The van der Waals surface area contributed by atoms with E-state index in [-0.39, 0.29) is 11.0 Å². The van der Waals surface area contributed by atoms with Gasteiger partial charge in [-0.05, 0) is 91.4 Å². The van der Waals surface area contributed by atoms with Crippen LogP contribution in [0.2, 0.25) is 0 Å². The van der Waals surface area contributed by atoms with Crippen molar-refractivity contribution in [3.8, 4) is 0 Å². The first-order chi connectivity index (χ1) is 14.5. The molecule has 2 fully saturated rings. The molecule has 1 aromatic heterocycles. The topological polar surface area (TPSA) is 33.2 Å². The highest BCUT2D eigenvalue weighted by Gasteiger charge is 2.57. The number of aromatic nitrogens is 1. The number of hydrogen-bond acceptors (Lipinski definition) is 2. The maximum atomic E-state index is 12.0. The minimum absolute atomic E-state index is 0.0353. The molecule has 2 heterocycles. The van der Waals surface area contributed by atoms with Crippen molar-refractivity contribution in [2.45, 2.75) is 91.0 Å². The molecular formula is C27H40N2O. The van der Waals surface area contributed by atoms with Gasteiger partial charge in [-0.25, -0.2) is 0 Å². The SMILES string of the molecule is CCCCCC1(C)C2CCC3(C)C(c4cncc(CC)c4)=CCC3C2CCN1C=O. The fourth-order valence-electron chi connectivity index (χ4n) is 7.30. The summed E-state index contributed by atoms with van der Waals surface area (Å²) in [6.45, 7) is 10.3. The molecule has 5 unspecified atom stereocenters. The van der Waals surface area contributed by atoms with Crippen LogP contribution in [-0.4, -0.2) is 28.4 Å². The number of carbonyl (C=O) groups excluding carboxylic acids is 1. The second kappa shape index (κ2) is 8.48. The van der Waals surface area contributed by atoms with Crippen molar-refractivity contribution in [1.82, 2.24) is 9.88 Å². The third-order valence-electron chi connectivity index (χ3n) is 9.10. The molecule has 4 rings (SSSR count). The van der Waals surface area contributed by atoms with Gasteiger partial charge in [0.2, 0.25) is 6.41 Å². The summed E-state index contributed by atoms with van der Waals surface area (Å²) < 4.78 is 0. The largest absolute Gasteiger partial charge is 0.340 e. The van der Waals surface area contributed by atoms with Crippen molar-refractivity contribution in [2.24, 2.45) is 23.2 Å². The Labute approximate surface area is 183 Å². The number of fused-ring (bicyclic) bond motifs is 3. The zero-order valence-corrected chi connectivity index (χ0v) is 19.5. The summed E-state index contributed by atoms with van der Waals surface area (Å²) in [4.78, 5) is 18.7. The second-order valence-electron chi connectivity index (χ2n) is 10.5. The molecule has 3 nitrogen and oxygen atoms in total. The maximum absolute atomic E-state index is 12.0. The molecule has 2 aliphatic carbocycles. The molecule has 0 N–H and O–H groups in total. The van der Waals surface area contributed by atoms with E-state index < -0.39 is 0 Å². The monoisotopic (exact) mass is 408 g/mol. The Hall–Kier alpha value is -1.64. The lowest BCUT2D eigenvalue weighted by Crippen LogP contribution is -2.61. The van der Waals surface area contributed by atoms with Crippen LogP contribution in [0.25, 0.3) is 5.57 Å². The number of rotatable bonds is 7. The van der Waals surface area contributed by atoms with Crippen molar-refractivity contribution < 1.29 is 4.79 Å². The first kappa shape index (κ1) is 21.6. The Morgan fingerprint density at radius 2 is 2.00 bits per heavy atom. The summed E-state index contributed by atoms with van der Waals surface area (Å²) in [5.41, 5.74) is 4.50. The van der Waals surface area contributed by atoms with Crippen molar-refractivity contribution in [3.63, 3.8) is 0 Å². The average Bonchev–Trinajstić information content (AvgIpc) is 3.11. The van der Waals surface area contributed by atoms with E-state index in [4.69, 9.17) is 0 Å². The van der Waals surface area contributed by atoms with E-state index in [0.29, 0.717) is 11.8 Å². The number of allylic oxidation sites excluding steroid dienone is 2. The predicted molar refractivity (Wildman–Crippen MR) is 124 cm³/mol. The van der Waals surface area contributed by atoms with Gasteiger partial charge >= 0.3 is 0 Å². The van der Waals surface area contributed by atoms with E-state index >= 15 is 0 Å². The molecule has 0 spiro atoms. The Morgan fingerprint density at radius 1 is 1.17 bits per heavy atom. The van der Waals surface area contributed by atoms with Gasteiger partial charge in [0.1, 0.15) is 0 Å². The number of hydrogen-bond donors (Lipinski definition) is 0. The number of amides is 1. The first-order valence-corrected chi connectivity index (χ1v) is 12.3. The van der Waals surface area contributed by atoms with Gasteiger partial charge in [-0.2, -0.15) is 0 Å². The summed E-state index contributed by atoms with van der Waals surface area (Å²) in [5.74, 6) is 2.07. The van der Waals surface area contributed by atoms with Gasteiger partial charge in [-0.15, -0.1) is 0 Å². The normalized spacial score (nSPS) is 35.5. The van der Waals surface area contributed by atoms with Crippen LogP contribution in [0.4, 0.5) is 0 Å². The molecule has 3 heteroatoms. The second-order valence-corrected chi connectivity index (χ2v) is 10.5. The van der Waals surface area contributed by atoms with E-state index in [1.807, 2.05) is 6.20 Å². The van der Waals surface area contributed by atoms with Gasteiger partial charge in [0.15, 0.2) is 0 Å². The quantitative estimate of drug-likeness (QED) is 0.393. The molecular weight excluding hydrogens is 368 g/mol. The Morgan fingerprint density at radius 3 is 2.73 bits per heavy atom. The highest BCUT2D eigenvalue weighted by atomic mass is 16.1. The van der Waals surface area contributed by atoms with Crippen molar-refractivity contribution in [1.29, 1.82) is 0 Å². The maximum Gasteiger partial charge on any atom is 0.210 e. The third kappa shape index (κ3) is 3.42. The molecule has 1 amide bonds. The number of aryl methyl sites for hydroxylation is 1. The Kier molecular flexibility index (Phi) is 6.10. The molecule has 1 aromatic rings. The third-order valence-corrected chi connectivity index (χ3v) is 9.10. The lowest BCUT2D eigenvalue weighted by Gasteiger charge is -2.59. The molecule has 1 saturated carbocycles. The van der Waals surface area contributed by atoms with Gasteiger partial charge in [-0.1, -0.05) is 46.1 Å². The average molecular weight is 409 g/mol. The van der Waals surface area contributed by atoms with Gasteiger partial charge in [0.05, 0.1) is 0 Å². The van der Waals surface area contributed by atoms with Crippen LogP contribution in [0.5, 0.6) is 0 Å². The molecule has 0 aromatic carbocycles. The smallest absolute Gasteiger partial charge is 0.210 e.